The molecule has 15 heavy (non-hydrogen) atoms. The van der Waals surface area contributed by atoms with Crippen LogP contribution in [-0.4, -0.2) is 18.6 Å². The molecule has 2 aliphatic carbocycles. The number of hydrogen-bond donors (Lipinski definition) is 2. The summed E-state index contributed by atoms with van der Waals surface area (Å²) in [6.45, 7) is 10.5. The molecule has 2 rings (SSSR count). The van der Waals surface area contributed by atoms with E-state index in [1.807, 2.05) is 0 Å². The fourth-order valence-electron chi connectivity index (χ4n) is 2.93. The average molecular weight is 208 g/mol. The van der Waals surface area contributed by atoms with Gasteiger partial charge in [0.2, 0.25) is 0 Å². The lowest BCUT2D eigenvalue weighted by Crippen LogP contribution is -2.28. The highest BCUT2D eigenvalue weighted by molar-refractivity contribution is 5.18. The molecular weight excluding hydrogens is 184 g/mol. The second-order valence-electron chi connectivity index (χ2n) is 6.33. The number of hydrogen-bond acceptors (Lipinski definition) is 2. The zero-order chi connectivity index (χ0) is 11.3. The normalized spacial score (nSPS) is 37.1. The van der Waals surface area contributed by atoms with Crippen molar-refractivity contribution in [2.45, 2.75) is 46.2 Å². The third-order valence-electron chi connectivity index (χ3n) is 4.81. The van der Waals surface area contributed by atoms with Gasteiger partial charge in [-0.05, 0) is 23.2 Å². The zero-order valence-electron chi connectivity index (χ0n) is 10.4. The summed E-state index contributed by atoms with van der Waals surface area (Å²) >= 11 is 0. The Morgan fingerprint density at radius 2 is 1.80 bits per heavy atom. The van der Waals surface area contributed by atoms with Crippen molar-refractivity contribution in [3.8, 4) is 0 Å². The number of nitrogens with two attached hydrogens (primary N) is 1. The molecule has 2 atom stereocenters. The maximum Gasteiger partial charge on any atom is 0.0229 e. The molecule has 0 saturated heterocycles. The molecule has 1 saturated carbocycles. The minimum Gasteiger partial charge on any atom is -0.324 e. The fraction of sp³-hybridized carbons (Fsp3) is 0.846. The van der Waals surface area contributed by atoms with Crippen molar-refractivity contribution in [1.82, 2.24) is 5.32 Å². The van der Waals surface area contributed by atoms with Gasteiger partial charge in [0, 0.05) is 18.6 Å². The highest BCUT2D eigenvalue weighted by atomic mass is 15.0. The van der Waals surface area contributed by atoms with E-state index in [2.05, 4.69) is 45.2 Å². The second kappa shape index (κ2) is 3.33. The van der Waals surface area contributed by atoms with Crippen molar-refractivity contribution in [2.75, 3.05) is 6.54 Å². The predicted molar refractivity (Wildman–Crippen MR) is 64.6 cm³/mol. The maximum atomic E-state index is 5.84. The van der Waals surface area contributed by atoms with Crippen LogP contribution in [0.1, 0.15) is 34.1 Å². The van der Waals surface area contributed by atoms with Crippen molar-refractivity contribution >= 4 is 0 Å². The summed E-state index contributed by atoms with van der Waals surface area (Å²) in [7, 11) is 0. The largest absolute Gasteiger partial charge is 0.324 e. The van der Waals surface area contributed by atoms with Gasteiger partial charge in [-0.25, -0.2) is 0 Å². The first-order valence-corrected chi connectivity index (χ1v) is 6.03. The van der Waals surface area contributed by atoms with Crippen LogP contribution in [0.15, 0.2) is 12.2 Å². The van der Waals surface area contributed by atoms with E-state index in [1.54, 1.807) is 0 Å². The molecular formula is C13H24N2. The van der Waals surface area contributed by atoms with E-state index in [0.29, 0.717) is 22.8 Å². The van der Waals surface area contributed by atoms with Gasteiger partial charge >= 0.3 is 0 Å². The van der Waals surface area contributed by atoms with Crippen LogP contribution in [0.2, 0.25) is 0 Å². The lowest BCUT2D eigenvalue weighted by Gasteiger charge is -2.12. The highest BCUT2D eigenvalue weighted by Crippen LogP contribution is 2.62. The smallest absolute Gasteiger partial charge is 0.0229 e. The Morgan fingerprint density at radius 3 is 2.20 bits per heavy atom. The van der Waals surface area contributed by atoms with Crippen LogP contribution in [0.25, 0.3) is 0 Å². The summed E-state index contributed by atoms with van der Waals surface area (Å²) < 4.78 is 0. The lowest BCUT2D eigenvalue weighted by molar-refractivity contribution is 0.457. The summed E-state index contributed by atoms with van der Waals surface area (Å²) in [5.41, 5.74) is 6.72. The van der Waals surface area contributed by atoms with E-state index in [0.717, 1.165) is 13.0 Å². The summed E-state index contributed by atoms with van der Waals surface area (Å²) in [6, 6.07) is 0.951. The molecule has 0 aromatic rings. The minimum absolute atomic E-state index is 0.289. The first kappa shape index (κ1) is 11.2. The Kier molecular flexibility index (Phi) is 2.47. The Labute approximate surface area is 93.3 Å². The maximum absolute atomic E-state index is 5.84. The SMILES string of the molecule is CC1(C)C(NCC2C=CC(N)C2)C1(C)C. The van der Waals surface area contributed by atoms with E-state index in [1.165, 1.54) is 0 Å². The van der Waals surface area contributed by atoms with Crippen molar-refractivity contribution in [2.24, 2.45) is 22.5 Å². The van der Waals surface area contributed by atoms with Crippen LogP contribution in [0, 0.1) is 16.7 Å². The van der Waals surface area contributed by atoms with Gasteiger partial charge in [0.15, 0.2) is 0 Å². The van der Waals surface area contributed by atoms with E-state index in [4.69, 9.17) is 5.73 Å². The molecule has 0 aliphatic heterocycles. The summed E-state index contributed by atoms with van der Waals surface area (Å²) in [4.78, 5) is 0. The molecule has 3 N–H and O–H groups in total. The van der Waals surface area contributed by atoms with Crippen molar-refractivity contribution < 1.29 is 0 Å². The molecule has 0 spiro atoms. The standard InChI is InChI=1S/C13H24N2/c1-12(2)11(13(12,3)4)15-8-9-5-6-10(14)7-9/h5-6,9-11,15H,7-8,14H2,1-4H3. The monoisotopic (exact) mass is 208 g/mol. The number of rotatable bonds is 3. The van der Waals surface area contributed by atoms with Gasteiger partial charge in [0.25, 0.3) is 0 Å². The average Bonchev–Trinajstić information content (AvgIpc) is 2.50. The molecule has 0 bridgehead atoms. The molecule has 2 unspecified atom stereocenters. The Morgan fingerprint density at radius 1 is 1.20 bits per heavy atom. The van der Waals surface area contributed by atoms with E-state index in [9.17, 15) is 0 Å². The molecule has 1 fully saturated rings. The first-order chi connectivity index (χ1) is 6.85. The van der Waals surface area contributed by atoms with Gasteiger partial charge in [-0.2, -0.15) is 0 Å². The first-order valence-electron chi connectivity index (χ1n) is 6.03. The van der Waals surface area contributed by atoms with Crippen LogP contribution in [0.4, 0.5) is 0 Å². The number of nitrogens with one attached hydrogen (secondary N) is 1. The van der Waals surface area contributed by atoms with Crippen molar-refractivity contribution in [3.63, 3.8) is 0 Å². The molecule has 2 heteroatoms. The molecule has 86 valence electrons. The van der Waals surface area contributed by atoms with Crippen LogP contribution in [0.5, 0.6) is 0 Å². The molecule has 0 aromatic heterocycles. The quantitative estimate of drug-likeness (QED) is 0.695. The van der Waals surface area contributed by atoms with Crippen LogP contribution >= 0.6 is 0 Å². The fourth-order valence-corrected chi connectivity index (χ4v) is 2.93. The predicted octanol–water partition coefficient (Wildman–Crippen LogP) is 1.91. The zero-order valence-corrected chi connectivity index (χ0v) is 10.4. The highest BCUT2D eigenvalue weighted by Gasteiger charge is 2.64. The van der Waals surface area contributed by atoms with Crippen LogP contribution in [-0.2, 0) is 0 Å². The Hall–Kier alpha value is -0.340. The van der Waals surface area contributed by atoms with Gasteiger partial charge in [-0.1, -0.05) is 39.8 Å². The van der Waals surface area contributed by atoms with Gasteiger partial charge in [0.1, 0.15) is 0 Å². The van der Waals surface area contributed by atoms with Gasteiger partial charge in [-0.15, -0.1) is 0 Å². The molecule has 0 aromatic carbocycles. The summed E-state index contributed by atoms with van der Waals surface area (Å²) in [5.74, 6) is 0.646. The van der Waals surface area contributed by atoms with Gasteiger partial charge in [0.05, 0.1) is 0 Å². The Balaban J connectivity index is 1.79. The second-order valence-corrected chi connectivity index (χ2v) is 6.33. The topological polar surface area (TPSA) is 38.0 Å². The Bertz CT molecular complexity index is 264. The minimum atomic E-state index is 0.289. The van der Waals surface area contributed by atoms with Crippen molar-refractivity contribution in [3.05, 3.63) is 12.2 Å². The van der Waals surface area contributed by atoms with E-state index in [-0.39, 0.29) is 6.04 Å². The van der Waals surface area contributed by atoms with Gasteiger partial charge in [-0.3, -0.25) is 0 Å². The summed E-state index contributed by atoms with van der Waals surface area (Å²) in [6.07, 6.45) is 5.51. The van der Waals surface area contributed by atoms with E-state index >= 15 is 0 Å². The van der Waals surface area contributed by atoms with Crippen LogP contribution < -0.4 is 11.1 Å². The van der Waals surface area contributed by atoms with Crippen LogP contribution in [0.3, 0.4) is 0 Å². The third kappa shape index (κ3) is 1.74. The molecule has 0 heterocycles. The van der Waals surface area contributed by atoms with Crippen molar-refractivity contribution in [1.29, 1.82) is 0 Å². The van der Waals surface area contributed by atoms with E-state index < -0.39 is 0 Å². The lowest BCUT2D eigenvalue weighted by atomic mass is 10.0. The third-order valence-corrected chi connectivity index (χ3v) is 4.81. The molecule has 0 amide bonds. The molecule has 2 aliphatic rings. The molecule has 0 radical (unpaired) electrons. The summed E-state index contributed by atoms with van der Waals surface area (Å²) in [5, 5.41) is 3.69. The molecule has 2 nitrogen and oxygen atoms in total. The van der Waals surface area contributed by atoms with Gasteiger partial charge < -0.3 is 11.1 Å².